The SMILES string of the molecule is CC1(C)c2ccccc2-c2ccc(N(c3ccc4c(c3)C3(c5ccccc5-c5ccccc5-c5ccccc53)c3ccccc3-4)c3cccc4c3Oc3ccccc3-c3ccccc3-4)cc21. The molecule has 1 aliphatic heterocycles. The first kappa shape index (κ1) is 37.2. The highest BCUT2D eigenvalue weighted by atomic mass is 16.5. The van der Waals surface area contributed by atoms with E-state index in [1.165, 1.54) is 77.9 Å². The van der Waals surface area contributed by atoms with Crippen LogP contribution in [0.1, 0.15) is 47.2 Å². The van der Waals surface area contributed by atoms with E-state index in [1.54, 1.807) is 0 Å². The first-order chi connectivity index (χ1) is 32.5. The summed E-state index contributed by atoms with van der Waals surface area (Å²) in [4.78, 5) is 2.47. The standard InChI is InChI=1S/C64H43NO/c1-63(2)54-28-12-7-24-48(54)50-36-34-40(38-58(50)63)65(60-32-17-27-53-45-21-6-5-20-44(45)52-26-11-16-33-61(52)66-62(53)60)41-35-37-51-49-25-10-15-31-57(49)64(59(51)39-41)55-29-13-8-22-46(55)42-18-3-4-19-43(42)47-23-9-14-30-56(47)64/h3-39H,1-2H3. The van der Waals surface area contributed by atoms with Gasteiger partial charge in [0.25, 0.3) is 0 Å². The van der Waals surface area contributed by atoms with Crippen LogP contribution in [0.4, 0.5) is 17.1 Å². The number of rotatable bonds is 3. The lowest BCUT2D eigenvalue weighted by Crippen LogP contribution is -2.29. The van der Waals surface area contributed by atoms with E-state index in [0.717, 1.165) is 50.8 Å². The van der Waals surface area contributed by atoms with Gasteiger partial charge in [0.2, 0.25) is 0 Å². The first-order valence-electron chi connectivity index (χ1n) is 23.1. The molecule has 4 aliphatic rings. The molecule has 10 aromatic rings. The van der Waals surface area contributed by atoms with Gasteiger partial charge >= 0.3 is 0 Å². The van der Waals surface area contributed by atoms with Gasteiger partial charge in [-0.15, -0.1) is 0 Å². The van der Waals surface area contributed by atoms with Crippen molar-refractivity contribution in [1.82, 2.24) is 0 Å². The molecule has 0 N–H and O–H groups in total. The third-order valence-corrected chi connectivity index (χ3v) is 15.1. The van der Waals surface area contributed by atoms with Gasteiger partial charge in [0, 0.05) is 27.9 Å². The highest BCUT2D eigenvalue weighted by Gasteiger charge is 2.50. The Morgan fingerprint density at radius 2 is 0.682 bits per heavy atom. The predicted molar refractivity (Wildman–Crippen MR) is 271 cm³/mol. The van der Waals surface area contributed by atoms with Crippen molar-refractivity contribution in [2.45, 2.75) is 24.7 Å². The van der Waals surface area contributed by atoms with Crippen molar-refractivity contribution in [2.24, 2.45) is 0 Å². The Kier molecular flexibility index (Phi) is 7.70. The van der Waals surface area contributed by atoms with E-state index >= 15 is 0 Å². The molecule has 1 spiro atoms. The van der Waals surface area contributed by atoms with Crippen LogP contribution in [0.3, 0.4) is 0 Å². The van der Waals surface area contributed by atoms with Crippen molar-refractivity contribution in [2.75, 3.05) is 4.90 Å². The number of para-hydroxylation sites is 2. The highest BCUT2D eigenvalue weighted by molar-refractivity contribution is 6.00. The third-order valence-electron chi connectivity index (χ3n) is 15.1. The number of benzene rings is 10. The molecule has 0 saturated carbocycles. The number of hydrogen-bond acceptors (Lipinski definition) is 2. The minimum absolute atomic E-state index is 0.192. The number of nitrogens with zero attached hydrogens (tertiary/aromatic N) is 1. The van der Waals surface area contributed by atoms with Gasteiger partial charge in [0.1, 0.15) is 5.75 Å². The average molecular weight is 842 g/mol. The van der Waals surface area contributed by atoms with Gasteiger partial charge in [0.15, 0.2) is 5.75 Å². The summed E-state index contributed by atoms with van der Waals surface area (Å²) in [5, 5.41) is 0. The molecule has 10 aromatic carbocycles. The second kappa shape index (κ2) is 13.7. The number of ether oxygens (including phenoxy) is 1. The van der Waals surface area contributed by atoms with Crippen LogP contribution < -0.4 is 9.64 Å². The van der Waals surface area contributed by atoms with E-state index in [0.29, 0.717) is 0 Å². The molecule has 66 heavy (non-hydrogen) atoms. The maximum absolute atomic E-state index is 7.28. The summed E-state index contributed by atoms with van der Waals surface area (Å²) >= 11 is 0. The van der Waals surface area contributed by atoms with Crippen LogP contribution >= 0.6 is 0 Å². The molecule has 14 rings (SSSR count). The normalized spacial score (nSPS) is 14.3. The lowest BCUT2D eigenvalue weighted by molar-refractivity contribution is 0.489. The summed E-state index contributed by atoms with van der Waals surface area (Å²) < 4.78 is 7.28. The second-order valence-corrected chi connectivity index (χ2v) is 18.7. The summed E-state index contributed by atoms with van der Waals surface area (Å²) in [5.74, 6) is 1.67. The van der Waals surface area contributed by atoms with Crippen LogP contribution in [0.5, 0.6) is 11.5 Å². The molecule has 0 amide bonds. The lowest BCUT2D eigenvalue weighted by atomic mass is 9.66. The van der Waals surface area contributed by atoms with Gasteiger partial charge in [-0.05, 0) is 125 Å². The van der Waals surface area contributed by atoms with Gasteiger partial charge in [-0.3, -0.25) is 0 Å². The molecule has 2 heteroatoms. The second-order valence-electron chi connectivity index (χ2n) is 18.7. The molecule has 0 saturated heterocycles. The van der Waals surface area contributed by atoms with Crippen LogP contribution in [0.15, 0.2) is 224 Å². The topological polar surface area (TPSA) is 12.5 Å². The van der Waals surface area contributed by atoms with E-state index in [9.17, 15) is 0 Å². The van der Waals surface area contributed by atoms with Crippen LogP contribution in [-0.4, -0.2) is 0 Å². The fourth-order valence-electron chi connectivity index (χ4n) is 12.3. The Labute approximate surface area is 385 Å². The summed E-state index contributed by atoms with van der Waals surface area (Å²) in [6.45, 7) is 4.74. The molecule has 3 aliphatic carbocycles. The molecular weight excluding hydrogens is 799 g/mol. The Morgan fingerprint density at radius 3 is 1.26 bits per heavy atom. The van der Waals surface area contributed by atoms with E-state index in [2.05, 4.69) is 243 Å². The minimum Gasteiger partial charge on any atom is -0.454 e. The van der Waals surface area contributed by atoms with E-state index in [1.807, 2.05) is 0 Å². The van der Waals surface area contributed by atoms with Gasteiger partial charge < -0.3 is 9.64 Å². The van der Waals surface area contributed by atoms with Gasteiger partial charge in [-0.2, -0.15) is 0 Å². The third kappa shape index (κ3) is 4.91. The summed E-state index contributed by atoms with van der Waals surface area (Å²) in [6, 6.07) is 83.4. The molecule has 0 unspecified atom stereocenters. The quantitative estimate of drug-likeness (QED) is 0.176. The molecule has 0 bridgehead atoms. The lowest BCUT2D eigenvalue weighted by Gasteiger charge is -2.36. The molecule has 0 aromatic heterocycles. The van der Waals surface area contributed by atoms with E-state index in [4.69, 9.17) is 4.74 Å². The zero-order chi connectivity index (χ0) is 43.7. The smallest absolute Gasteiger partial charge is 0.159 e. The van der Waals surface area contributed by atoms with Gasteiger partial charge in [0.05, 0.1) is 11.1 Å². The van der Waals surface area contributed by atoms with Crippen molar-refractivity contribution in [3.05, 3.63) is 258 Å². The van der Waals surface area contributed by atoms with E-state index < -0.39 is 5.41 Å². The number of hydrogen-bond donors (Lipinski definition) is 0. The highest BCUT2D eigenvalue weighted by Crippen LogP contribution is 2.63. The summed E-state index contributed by atoms with van der Waals surface area (Å²) in [7, 11) is 0. The molecular formula is C64H43NO. The Balaban J connectivity index is 1.08. The monoisotopic (exact) mass is 841 g/mol. The largest absolute Gasteiger partial charge is 0.454 e. The summed E-state index contributed by atoms with van der Waals surface area (Å²) in [6.07, 6.45) is 0. The molecule has 2 nitrogen and oxygen atoms in total. The predicted octanol–water partition coefficient (Wildman–Crippen LogP) is 16.9. The maximum Gasteiger partial charge on any atom is 0.159 e. The van der Waals surface area contributed by atoms with Crippen LogP contribution in [-0.2, 0) is 10.8 Å². The molecule has 0 atom stereocenters. The zero-order valence-electron chi connectivity index (χ0n) is 36.7. The van der Waals surface area contributed by atoms with Crippen LogP contribution in [0, 0.1) is 0 Å². The van der Waals surface area contributed by atoms with E-state index in [-0.39, 0.29) is 5.41 Å². The van der Waals surface area contributed by atoms with Crippen LogP contribution in [0.2, 0.25) is 0 Å². The number of fused-ring (bicyclic) bond motifs is 20. The van der Waals surface area contributed by atoms with Crippen molar-refractivity contribution in [1.29, 1.82) is 0 Å². The van der Waals surface area contributed by atoms with Gasteiger partial charge in [-0.1, -0.05) is 202 Å². The fraction of sp³-hybridized carbons (Fsp3) is 0.0625. The Morgan fingerprint density at radius 1 is 0.303 bits per heavy atom. The first-order valence-corrected chi connectivity index (χ1v) is 23.1. The molecule has 310 valence electrons. The Bertz CT molecular complexity index is 3620. The fourth-order valence-corrected chi connectivity index (χ4v) is 12.3. The molecule has 0 fully saturated rings. The average Bonchev–Trinajstić information content (AvgIpc) is 3.67. The minimum atomic E-state index is -0.622. The van der Waals surface area contributed by atoms with Crippen molar-refractivity contribution < 1.29 is 4.74 Å². The number of anilines is 3. The van der Waals surface area contributed by atoms with Crippen molar-refractivity contribution >= 4 is 17.1 Å². The summed E-state index contributed by atoms with van der Waals surface area (Å²) in [5.41, 5.74) is 24.8. The maximum atomic E-state index is 7.28. The van der Waals surface area contributed by atoms with Crippen molar-refractivity contribution in [3.63, 3.8) is 0 Å². The molecule has 1 heterocycles. The van der Waals surface area contributed by atoms with Crippen LogP contribution in [0.25, 0.3) is 66.8 Å². The van der Waals surface area contributed by atoms with Gasteiger partial charge in [-0.25, -0.2) is 0 Å². The van der Waals surface area contributed by atoms with Crippen molar-refractivity contribution in [3.8, 4) is 78.3 Å². The molecule has 0 radical (unpaired) electrons. The zero-order valence-corrected chi connectivity index (χ0v) is 36.7. The Hall–Kier alpha value is -8.20.